The van der Waals surface area contributed by atoms with Crippen molar-refractivity contribution in [3.8, 4) is 0 Å². The van der Waals surface area contributed by atoms with E-state index >= 15 is 0 Å². The Hall–Kier alpha value is -2.98. The second kappa shape index (κ2) is 10.8. The third-order valence-electron chi connectivity index (χ3n) is 7.55. The largest absolute Gasteiger partial charge is 0.416 e. The molecule has 2 heterocycles. The first-order valence-electron chi connectivity index (χ1n) is 12.6. The second-order valence-corrected chi connectivity index (χ2v) is 10.3. The van der Waals surface area contributed by atoms with Crippen molar-refractivity contribution in [2.75, 3.05) is 13.1 Å². The summed E-state index contributed by atoms with van der Waals surface area (Å²) < 4.78 is 38.7. The first-order valence-corrected chi connectivity index (χ1v) is 12.6. The number of hydrogen-bond acceptors (Lipinski definition) is 5. The van der Waals surface area contributed by atoms with Crippen LogP contribution in [0, 0.1) is 6.92 Å². The van der Waals surface area contributed by atoms with Crippen LogP contribution in [0.25, 0.3) is 0 Å². The number of halogens is 3. The molecule has 200 valence electrons. The SMILES string of the molecule is Cc1ccc(C2(O)CCC(N3C[C@H](NC(=O)CNC(=O)c4cccc(C(F)(F)F)c4)C[C@@H]3C)CC2)cn1. The summed E-state index contributed by atoms with van der Waals surface area (Å²) in [5, 5.41) is 16.5. The average Bonchev–Trinajstić information content (AvgIpc) is 3.22. The molecule has 1 aromatic heterocycles. The molecule has 0 bridgehead atoms. The molecule has 10 heteroatoms. The molecule has 1 aromatic carbocycles. The molecule has 0 spiro atoms. The molecule has 0 radical (unpaired) electrons. The molecule has 2 amide bonds. The van der Waals surface area contributed by atoms with Crippen molar-refractivity contribution in [2.45, 2.75) is 75.9 Å². The Labute approximate surface area is 214 Å². The topological polar surface area (TPSA) is 94.6 Å². The van der Waals surface area contributed by atoms with Crippen molar-refractivity contribution in [1.82, 2.24) is 20.5 Å². The van der Waals surface area contributed by atoms with Gasteiger partial charge in [-0.05, 0) is 70.2 Å². The van der Waals surface area contributed by atoms with Crippen molar-refractivity contribution < 1.29 is 27.9 Å². The van der Waals surface area contributed by atoms with Gasteiger partial charge in [0.15, 0.2) is 0 Å². The Bertz CT molecular complexity index is 1110. The van der Waals surface area contributed by atoms with Gasteiger partial charge in [0.25, 0.3) is 5.91 Å². The van der Waals surface area contributed by atoms with Gasteiger partial charge in [0.2, 0.25) is 5.91 Å². The summed E-state index contributed by atoms with van der Waals surface area (Å²) in [5.74, 6) is -1.12. The quantitative estimate of drug-likeness (QED) is 0.544. The molecule has 1 saturated heterocycles. The van der Waals surface area contributed by atoms with E-state index in [9.17, 15) is 27.9 Å². The van der Waals surface area contributed by atoms with Crippen molar-refractivity contribution in [3.05, 3.63) is 65.0 Å². The van der Waals surface area contributed by atoms with Crippen LogP contribution in [0.5, 0.6) is 0 Å². The second-order valence-electron chi connectivity index (χ2n) is 10.3. The highest BCUT2D eigenvalue weighted by Gasteiger charge is 2.41. The van der Waals surface area contributed by atoms with E-state index in [1.165, 1.54) is 6.07 Å². The number of aliphatic hydroxyl groups is 1. The number of aromatic nitrogens is 1. The maximum Gasteiger partial charge on any atom is 0.416 e. The van der Waals surface area contributed by atoms with Crippen LogP contribution in [0.3, 0.4) is 0 Å². The van der Waals surface area contributed by atoms with Crippen molar-refractivity contribution in [1.29, 1.82) is 0 Å². The zero-order valence-electron chi connectivity index (χ0n) is 21.0. The zero-order chi connectivity index (χ0) is 26.8. The van der Waals surface area contributed by atoms with Crippen LogP contribution in [0.2, 0.25) is 0 Å². The number of carbonyl (C=O) groups excluding carboxylic acids is 2. The Balaban J connectivity index is 1.25. The predicted octanol–water partition coefficient (Wildman–Crippen LogP) is 3.55. The van der Waals surface area contributed by atoms with Crippen LogP contribution in [0.4, 0.5) is 13.2 Å². The Morgan fingerprint density at radius 2 is 1.92 bits per heavy atom. The number of carbonyl (C=O) groups is 2. The summed E-state index contributed by atoms with van der Waals surface area (Å²) in [6, 6.07) is 8.42. The Morgan fingerprint density at radius 1 is 1.19 bits per heavy atom. The van der Waals surface area contributed by atoms with Crippen LogP contribution in [-0.2, 0) is 16.6 Å². The maximum absolute atomic E-state index is 12.9. The summed E-state index contributed by atoms with van der Waals surface area (Å²) in [7, 11) is 0. The highest BCUT2D eigenvalue weighted by Crippen LogP contribution is 2.40. The lowest BCUT2D eigenvalue weighted by Gasteiger charge is -2.41. The zero-order valence-corrected chi connectivity index (χ0v) is 21.0. The third kappa shape index (κ3) is 6.48. The smallest absolute Gasteiger partial charge is 0.385 e. The van der Waals surface area contributed by atoms with Gasteiger partial charge in [0.05, 0.1) is 17.7 Å². The normalized spacial score (nSPS) is 26.6. The van der Waals surface area contributed by atoms with Gasteiger partial charge in [0.1, 0.15) is 0 Å². The van der Waals surface area contributed by atoms with Gasteiger partial charge in [0, 0.05) is 47.7 Å². The van der Waals surface area contributed by atoms with Gasteiger partial charge in [-0.3, -0.25) is 19.5 Å². The molecule has 2 fully saturated rings. The number of rotatable bonds is 6. The Morgan fingerprint density at radius 3 is 2.57 bits per heavy atom. The average molecular weight is 519 g/mol. The van der Waals surface area contributed by atoms with Gasteiger partial charge >= 0.3 is 6.18 Å². The van der Waals surface area contributed by atoms with Gasteiger partial charge in [-0.25, -0.2) is 0 Å². The summed E-state index contributed by atoms with van der Waals surface area (Å²) in [6.45, 7) is 4.38. The van der Waals surface area contributed by atoms with Crippen molar-refractivity contribution in [3.63, 3.8) is 0 Å². The van der Waals surface area contributed by atoms with E-state index in [0.29, 0.717) is 25.4 Å². The number of pyridine rings is 1. The van der Waals surface area contributed by atoms with E-state index in [1.54, 1.807) is 6.20 Å². The number of benzene rings is 1. The fourth-order valence-corrected chi connectivity index (χ4v) is 5.49. The molecule has 2 atom stereocenters. The fourth-order valence-electron chi connectivity index (χ4n) is 5.49. The Kier molecular flexibility index (Phi) is 7.89. The van der Waals surface area contributed by atoms with Crippen molar-refractivity contribution >= 4 is 11.8 Å². The molecule has 1 saturated carbocycles. The molecule has 1 aliphatic heterocycles. The molecule has 7 nitrogen and oxygen atoms in total. The van der Waals surface area contributed by atoms with E-state index in [0.717, 1.165) is 48.7 Å². The lowest BCUT2D eigenvalue weighted by molar-refractivity contribution is -0.137. The van der Waals surface area contributed by atoms with Crippen LogP contribution < -0.4 is 10.6 Å². The van der Waals surface area contributed by atoms with E-state index in [1.807, 2.05) is 19.1 Å². The first-order chi connectivity index (χ1) is 17.4. The number of amides is 2. The van der Waals surface area contributed by atoms with Crippen LogP contribution in [-0.4, -0.2) is 58.0 Å². The number of hydrogen-bond donors (Lipinski definition) is 3. The lowest BCUT2D eigenvalue weighted by Crippen LogP contribution is -2.46. The van der Waals surface area contributed by atoms with E-state index in [2.05, 4.69) is 27.4 Å². The number of likely N-dealkylation sites (tertiary alicyclic amines) is 1. The molecule has 2 aliphatic rings. The van der Waals surface area contributed by atoms with Crippen LogP contribution in [0.15, 0.2) is 42.6 Å². The molecular weight excluding hydrogens is 485 g/mol. The van der Waals surface area contributed by atoms with Crippen LogP contribution in [0.1, 0.15) is 66.2 Å². The molecule has 3 N–H and O–H groups in total. The number of alkyl halides is 3. The fraction of sp³-hybridized carbons (Fsp3) is 0.519. The lowest BCUT2D eigenvalue weighted by atomic mass is 9.77. The van der Waals surface area contributed by atoms with Gasteiger partial charge in [-0.2, -0.15) is 13.2 Å². The summed E-state index contributed by atoms with van der Waals surface area (Å²) in [5.41, 5.74) is -0.173. The standard InChI is InChI=1S/C27H33F3N4O3/c1-17-6-7-21(14-31-17)26(37)10-8-23(9-11-26)34-16-22(12-18(34)2)33-24(35)15-32-25(36)19-4-3-5-20(13-19)27(28,29)30/h3-7,13-14,18,22-23,37H,8-12,15-16H2,1-2H3,(H,32,36)(H,33,35)/t18-,22+,23?,26?/m0/s1. The minimum atomic E-state index is -4.55. The molecule has 0 unspecified atom stereocenters. The first kappa shape index (κ1) is 27.1. The molecule has 37 heavy (non-hydrogen) atoms. The van der Waals surface area contributed by atoms with Gasteiger partial charge in [-0.1, -0.05) is 12.1 Å². The van der Waals surface area contributed by atoms with E-state index in [-0.39, 0.29) is 30.1 Å². The minimum Gasteiger partial charge on any atom is -0.385 e. The van der Waals surface area contributed by atoms with E-state index < -0.39 is 23.2 Å². The monoisotopic (exact) mass is 518 g/mol. The summed E-state index contributed by atoms with van der Waals surface area (Å²) in [4.78, 5) is 31.4. The minimum absolute atomic E-state index is 0.0879. The van der Waals surface area contributed by atoms with Crippen LogP contribution >= 0.6 is 0 Å². The van der Waals surface area contributed by atoms with Gasteiger partial charge in [-0.15, -0.1) is 0 Å². The molecular formula is C27H33F3N4O3. The van der Waals surface area contributed by atoms with Gasteiger partial charge < -0.3 is 15.7 Å². The molecule has 2 aromatic rings. The summed E-state index contributed by atoms with van der Waals surface area (Å²) >= 11 is 0. The van der Waals surface area contributed by atoms with Crippen molar-refractivity contribution in [2.24, 2.45) is 0 Å². The number of nitrogens with one attached hydrogen (secondary N) is 2. The van der Waals surface area contributed by atoms with E-state index in [4.69, 9.17) is 0 Å². The maximum atomic E-state index is 12.9. The number of nitrogens with zero attached hydrogens (tertiary/aromatic N) is 2. The highest BCUT2D eigenvalue weighted by molar-refractivity contribution is 5.96. The molecule has 1 aliphatic carbocycles. The predicted molar refractivity (Wildman–Crippen MR) is 132 cm³/mol. The number of aryl methyl sites for hydroxylation is 1. The highest BCUT2D eigenvalue weighted by atomic mass is 19.4. The molecule has 4 rings (SSSR count). The third-order valence-corrected chi connectivity index (χ3v) is 7.55. The summed E-state index contributed by atoms with van der Waals surface area (Å²) in [6.07, 6.45) is 0.925.